The van der Waals surface area contributed by atoms with E-state index in [4.69, 9.17) is 4.99 Å². The van der Waals surface area contributed by atoms with Crippen LogP contribution in [-0.2, 0) is 11.3 Å². The Morgan fingerprint density at radius 1 is 1.14 bits per heavy atom. The van der Waals surface area contributed by atoms with E-state index in [1.165, 1.54) is 23.9 Å². The fraction of sp³-hybridized carbons (Fsp3) is 0.273. The largest absolute Gasteiger partial charge is 0.508 e. The Labute approximate surface area is 167 Å². The summed E-state index contributed by atoms with van der Waals surface area (Å²) in [5, 5.41) is 12.7. The summed E-state index contributed by atoms with van der Waals surface area (Å²) >= 11 is 1.41. The number of carbonyl (C=O) groups is 1. The van der Waals surface area contributed by atoms with Crippen molar-refractivity contribution in [3.63, 3.8) is 0 Å². The van der Waals surface area contributed by atoms with Crippen molar-refractivity contribution in [1.82, 2.24) is 5.32 Å². The number of hydrogen-bond donors (Lipinski definition) is 2. The average molecular weight is 394 g/mol. The highest BCUT2D eigenvalue weighted by Gasteiger charge is 2.44. The number of phenols is 1. The molecule has 1 aliphatic heterocycles. The molecule has 2 aromatic rings. The first kappa shape index (κ1) is 18.6. The third-order valence-electron chi connectivity index (χ3n) is 4.74. The summed E-state index contributed by atoms with van der Waals surface area (Å²) in [7, 11) is 0. The Kier molecular flexibility index (Phi) is 5.36. The van der Waals surface area contributed by atoms with Crippen molar-refractivity contribution >= 4 is 22.7 Å². The molecule has 2 unspecified atom stereocenters. The Balaban J connectivity index is 1.41. The number of carbonyl (C=O) groups excluding carboxylic acids is 1. The molecule has 1 saturated carbocycles. The zero-order chi connectivity index (χ0) is 19.5. The number of phenolic OH excluding ortho intramolecular Hbond substituents is 1. The van der Waals surface area contributed by atoms with Gasteiger partial charge in [-0.25, -0.2) is 4.39 Å². The van der Waals surface area contributed by atoms with Gasteiger partial charge in [-0.1, -0.05) is 29.8 Å². The zero-order valence-corrected chi connectivity index (χ0v) is 15.9. The monoisotopic (exact) mass is 394 g/mol. The zero-order valence-electron chi connectivity index (χ0n) is 15.1. The molecule has 1 heterocycles. The van der Waals surface area contributed by atoms with Gasteiger partial charge in [-0.2, -0.15) is 0 Å². The normalized spacial score (nSPS) is 20.8. The molecule has 6 heteroatoms. The van der Waals surface area contributed by atoms with E-state index in [0.29, 0.717) is 17.5 Å². The summed E-state index contributed by atoms with van der Waals surface area (Å²) in [6, 6.07) is 12.7. The van der Waals surface area contributed by atoms with Crippen molar-refractivity contribution in [2.45, 2.75) is 30.7 Å². The minimum absolute atomic E-state index is 0.0395. The number of benzene rings is 2. The highest BCUT2D eigenvalue weighted by Crippen LogP contribution is 2.42. The second-order valence-electron chi connectivity index (χ2n) is 6.94. The van der Waals surface area contributed by atoms with Crippen LogP contribution < -0.4 is 5.32 Å². The molecular formula is C22H19FN2O2S. The molecule has 1 aliphatic carbocycles. The van der Waals surface area contributed by atoms with Gasteiger partial charge in [0.15, 0.2) is 0 Å². The molecule has 0 saturated heterocycles. The first-order valence-electron chi connectivity index (χ1n) is 9.16. The van der Waals surface area contributed by atoms with Gasteiger partial charge >= 0.3 is 0 Å². The van der Waals surface area contributed by atoms with E-state index in [1.807, 2.05) is 0 Å². The molecule has 2 atom stereocenters. The number of aromatic hydroxyl groups is 1. The Morgan fingerprint density at radius 3 is 2.54 bits per heavy atom. The molecule has 1 fully saturated rings. The standard InChI is InChI=1S/C22H19FN2O2S/c23-17-8-1-15(2-9-17)13-24-22(27)21-20(16-6-7-16)25-19(28-21)12-5-14-3-10-18(26)11-4-14/h1-4,8-11,16,20-21,26H,6-7,13H2,(H,24,27). The molecule has 4 nitrogen and oxygen atoms in total. The van der Waals surface area contributed by atoms with Gasteiger partial charge < -0.3 is 10.4 Å². The minimum atomic E-state index is -0.291. The van der Waals surface area contributed by atoms with Crippen molar-refractivity contribution in [3.05, 3.63) is 65.5 Å². The van der Waals surface area contributed by atoms with E-state index in [9.17, 15) is 14.3 Å². The van der Waals surface area contributed by atoms with Crippen LogP contribution in [0.25, 0.3) is 0 Å². The molecule has 1 amide bonds. The van der Waals surface area contributed by atoms with Crippen LogP contribution in [-0.4, -0.2) is 27.3 Å². The number of amides is 1. The molecule has 2 aliphatic rings. The van der Waals surface area contributed by atoms with Crippen molar-refractivity contribution in [2.75, 3.05) is 0 Å². The van der Waals surface area contributed by atoms with Gasteiger partial charge in [-0.15, -0.1) is 0 Å². The SMILES string of the molecule is O=C(NCc1ccc(F)cc1)C1SC(C#Cc2ccc(O)cc2)=NC1C1CC1. The van der Waals surface area contributed by atoms with Crippen LogP contribution in [0.15, 0.2) is 53.5 Å². The number of rotatable bonds is 4. The van der Waals surface area contributed by atoms with Crippen molar-refractivity contribution in [3.8, 4) is 17.6 Å². The van der Waals surface area contributed by atoms with E-state index in [0.717, 1.165) is 24.0 Å². The van der Waals surface area contributed by atoms with Gasteiger partial charge in [-0.05, 0) is 66.6 Å². The second kappa shape index (κ2) is 8.07. The number of halogens is 1. The predicted molar refractivity (Wildman–Crippen MR) is 109 cm³/mol. The first-order chi connectivity index (χ1) is 13.6. The van der Waals surface area contributed by atoms with Gasteiger partial charge in [-0.3, -0.25) is 9.79 Å². The fourth-order valence-corrected chi connectivity index (χ4v) is 4.19. The number of aliphatic imine (C=N–C) groups is 1. The van der Waals surface area contributed by atoms with Crippen LogP contribution in [0.5, 0.6) is 5.75 Å². The van der Waals surface area contributed by atoms with E-state index in [2.05, 4.69) is 17.2 Å². The van der Waals surface area contributed by atoms with Crippen LogP contribution in [0.1, 0.15) is 24.0 Å². The Morgan fingerprint density at radius 2 is 1.86 bits per heavy atom. The molecule has 142 valence electrons. The summed E-state index contributed by atoms with van der Waals surface area (Å²) < 4.78 is 13.0. The van der Waals surface area contributed by atoms with Gasteiger partial charge in [0.25, 0.3) is 0 Å². The van der Waals surface area contributed by atoms with Crippen LogP contribution in [0.2, 0.25) is 0 Å². The van der Waals surface area contributed by atoms with E-state index in [-0.39, 0.29) is 28.8 Å². The predicted octanol–water partition coefficient (Wildman–Crippen LogP) is 3.49. The summed E-state index contributed by atoms with van der Waals surface area (Å²) in [5.74, 6) is 6.39. The van der Waals surface area contributed by atoms with E-state index < -0.39 is 0 Å². The number of thioether (sulfide) groups is 1. The Hall–Kier alpha value is -2.78. The van der Waals surface area contributed by atoms with Crippen molar-refractivity contribution in [1.29, 1.82) is 0 Å². The van der Waals surface area contributed by atoms with Gasteiger partial charge in [0.2, 0.25) is 5.91 Å². The lowest BCUT2D eigenvalue weighted by molar-refractivity contribution is -0.121. The average Bonchev–Trinajstić information content (AvgIpc) is 3.46. The summed E-state index contributed by atoms with van der Waals surface area (Å²) in [6.07, 6.45) is 2.18. The third-order valence-corrected chi connectivity index (χ3v) is 5.92. The lowest BCUT2D eigenvalue weighted by Gasteiger charge is -2.16. The van der Waals surface area contributed by atoms with Crippen LogP contribution in [0.4, 0.5) is 4.39 Å². The molecule has 0 radical (unpaired) electrons. The van der Waals surface area contributed by atoms with Gasteiger partial charge in [0, 0.05) is 12.1 Å². The lowest BCUT2D eigenvalue weighted by atomic mass is 10.1. The number of nitrogens with zero attached hydrogens (tertiary/aromatic N) is 1. The maximum Gasteiger partial charge on any atom is 0.236 e. The third kappa shape index (κ3) is 4.55. The summed E-state index contributed by atoms with van der Waals surface area (Å²) in [4.78, 5) is 17.4. The first-order valence-corrected chi connectivity index (χ1v) is 10.0. The molecule has 0 bridgehead atoms. The second-order valence-corrected chi connectivity index (χ2v) is 8.07. The topological polar surface area (TPSA) is 61.7 Å². The van der Waals surface area contributed by atoms with E-state index in [1.54, 1.807) is 36.4 Å². The van der Waals surface area contributed by atoms with Crippen LogP contribution in [0, 0.1) is 23.6 Å². The quantitative estimate of drug-likeness (QED) is 0.781. The van der Waals surface area contributed by atoms with Gasteiger partial charge in [0.05, 0.1) is 6.04 Å². The minimum Gasteiger partial charge on any atom is -0.508 e. The van der Waals surface area contributed by atoms with E-state index >= 15 is 0 Å². The fourth-order valence-electron chi connectivity index (χ4n) is 3.05. The molecule has 4 rings (SSSR count). The number of hydrogen-bond acceptors (Lipinski definition) is 4. The maximum absolute atomic E-state index is 13.0. The highest BCUT2D eigenvalue weighted by atomic mass is 32.2. The van der Waals surface area contributed by atoms with Crippen LogP contribution >= 0.6 is 11.8 Å². The molecular weight excluding hydrogens is 375 g/mol. The molecule has 28 heavy (non-hydrogen) atoms. The molecule has 2 aromatic carbocycles. The van der Waals surface area contributed by atoms with Crippen molar-refractivity contribution in [2.24, 2.45) is 10.9 Å². The van der Waals surface area contributed by atoms with Crippen LogP contribution in [0.3, 0.4) is 0 Å². The highest BCUT2D eigenvalue weighted by molar-refractivity contribution is 8.16. The molecule has 0 spiro atoms. The maximum atomic E-state index is 13.0. The number of nitrogens with one attached hydrogen (secondary N) is 1. The summed E-state index contributed by atoms with van der Waals surface area (Å²) in [6.45, 7) is 0.363. The molecule has 2 N–H and O–H groups in total. The summed E-state index contributed by atoms with van der Waals surface area (Å²) in [5.41, 5.74) is 1.64. The molecule has 0 aromatic heterocycles. The van der Waals surface area contributed by atoms with Gasteiger partial charge in [0.1, 0.15) is 21.9 Å². The van der Waals surface area contributed by atoms with Crippen molar-refractivity contribution < 1.29 is 14.3 Å². The smallest absolute Gasteiger partial charge is 0.236 e. The lowest BCUT2D eigenvalue weighted by Crippen LogP contribution is -2.38. The Bertz CT molecular complexity index is 957.